The smallest absolute Gasteiger partial charge is 0.341 e. The van der Waals surface area contributed by atoms with E-state index in [1.165, 1.54) is 18.4 Å². The fourth-order valence-electron chi connectivity index (χ4n) is 2.13. The molecule has 4 nitrogen and oxygen atoms in total. The summed E-state index contributed by atoms with van der Waals surface area (Å²) in [5.41, 5.74) is 3.39. The maximum absolute atomic E-state index is 12.2. The van der Waals surface area contributed by atoms with Crippen LogP contribution in [0.2, 0.25) is 0 Å². The first-order valence-electron chi connectivity index (χ1n) is 6.96. The lowest BCUT2D eigenvalue weighted by Gasteiger charge is -2.06. The number of benzene rings is 1. The van der Waals surface area contributed by atoms with Crippen LogP contribution < -0.4 is 5.32 Å². The average molecular weight is 317 g/mol. The highest BCUT2D eigenvalue weighted by molar-refractivity contribution is 7.16. The molecule has 1 heterocycles. The van der Waals surface area contributed by atoms with Crippen LogP contribution >= 0.6 is 11.3 Å². The number of thiophene rings is 1. The van der Waals surface area contributed by atoms with Crippen LogP contribution in [-0.4, -0.2) is 19.0 Å². The number of hydrogen-bond donors (Lipinski definition) is 1. The van der Waals surface area contributed by atoms with E-state index in [0.717, 1.165) is 21.6 Å². The Bertz CT molecular complexity index is 701. The zero-order valence-corrected chi connectivity index (χ0v) is 14.0. The summed E-state index contributed by atoms with van der Waals surface area (Å²) < 4.78 is 4.80. The van der Waals surface area contributed by atoms with Crippen LogP contribution in [0.1, 0.15) is 31.9 Å². The number of methoxy groups -OCH3 is 1. The molecule has 0 spiro atoms. The van der Waals surface area contributed by atoms with E-state index >= 15 is 0 Å². The van der Waals surface area contributed by atoms with Gasteiger partial charge in [-0.25, -0.2) is 4.79 Å². The van der Waals surface area contributed by atoms with E-state index in [1.54, 1.807) is 0 Å². The minimum absolute atomic E-state index is 0.143. The van der Waals surface area contributed by atoms with E-state index in [9.17, 15) is 9.59 Å². The molecule has 2 aromatic rings. The Morgan fingerprint density at radius 3 is 2.36 bits per heavy atom. The number of carbonyl (C=O) groups is 2. The predicted molar refractivity (Wildman–Crippen MR) is 88.6 cm³/mol. The maximum atomic E-state index is 12.2. The van der Waals surface area contributed by atoms with Crippen molar-refractivity contribution in [3.8, 4) is 0 Å². The topological polar surface area (TPSA) is 55.4 Å². The quantitative estimate of drug-likeness (QED) is 0.876. The summed E-state index contributed by atoms with van der Waals surface area (Å²) in [6.45, 7) is 5.78. The summed E-state index contributed by atoms with van der Waals surface area (Å²) >= 11 is 1.39. The van der Waals surface area contributed by atoms with E-state index in [0.29, 0.717) is 10.6 Å². The van der Waals surface area contributed by atoms with Crippen molar-refractivity contribution in [2.24, 2.45) is 0 Å². The molecule has 2 rings (SSSR count). The lowest BCUT2D eigenvalue weighted by atomic mass is 10.1. The molecule has 1 amide bonds. The number of esters is 1. The average Bonchev–Trinajstić information content (AvgIpc) is 2.75. The van der Waals surface area contributed by atoms with Gasteiger partial charge in [-0.2, -0.15) is 0 Å². The molecule has 1 N–H and O–H groups in total. The third kappa shape index (κ3) is 3.54. The first kappa shape index (κ1) is 16.2. The second kappa shape index (κ2) is 6.75. The third-order valence-electron chi connectivity index (χ3n) is 3.51. The maximum Gasteiger partial charge on any atom is 0.341 e. The molecule has 1 aromatic heterocycles. The van der Waals surface area contributed by atoms with Gasteiger partial charge in [0.1, 0.15) is 5.00 Å². The fourth-order valence-corrected chi connectivity index (χ4v) is 3.19. The van der Waals surface area contributed by atoms with E-state index in [4.69, 9.17) is 4.74 Å². The molecule has 1 aromatic carbocycles. The fraction of sp³-hybridized carbons (Fsp3) is 0.294. The highest BCUT2D eigenvalue weighted by Gasteiger charge is 2.21. The van der Waals surface area contributed by atoms with E-state index in [1.807, 2.05) is 45.0 Å². The Hall–Kier alpha value is -2.14. The van der Waals surface area contributed by atoms with Crippen LogP contribution in [0.3, 0.4) is 0 Å². The SMILES string of the molecule is COC(=O)c1c(NC(=O)Cc2ccc(C)cc2)sc(C)c1C. The molecule has 116 valence electrons. The van der Waals surface area contributed by atoms with Gasteiger partial charge in [0.05, 0.1) is 19.1 Å². The van der Waals surface area contributed by atoms with Gasteiger partial charge in [0, 0.05) is 4.88 Å². The second-order valence-corrected chi connectivity index (χ2v) is 6.41. The van der Waals surface area contributed by atoms with E-state index in [2.05, 4.69) is 5.32 Å². The van der Waals surface area contributed by atoms with Gasteiger partial charge in [-0.1, -0.05) is 29.8 Å². The molecule has 0 aliphatic rings. The van der Waals surface area contributed by atoms with Crippen LogP contribution in [0.15, 0.2) is 24.3 Å². The molecule has 0 bridgehead atoms. The number of anilines is 1. The minimum Gasteiger partial charge on any atom is -0.465 e. The lowest BCUT2D eigenvalue weighted by molar-refractivity contribution is -0.115. The van der Waals surface area contributed by atoms with Crippen molar-refractivity contribution in [1.29, 1.82) is 0 Å². The summed E-state index contributed by atoms with van der Waals surface area (Å²) in [6.07, 6.45) is 0.275. The second-order valence-electron chi connectivity index (χ2n) is 5.19. The van der Waals surface area contributed by atoms with Crippen molar-refractivity contribution in [2.45, 2.75) is 27.2 Å². The first-order valence-corrected chi connectivity index (χ1v) is 7.77. The van der Waals surface area contributed by atoms with Gasteiger partial charge in [0.25, 0.3) is 0 Å². The van der Waals surface area contributed by atoms with Crippen molar-refractivity contribution in [1.82, 2.24) is 0 Å². The van der Waals surface area contributed by atoms with Gasteiger partial charge in [-0.3, -0.25) is 4.79 Å². The number of aryl methyl sites for hydroxylation is 2. The Morgan fingerprint density at radius 2 is 1.77 bits per heavy atom. The number of ether oxygens (including phenoxy) is 1. The number of rotatable bonds is 4. The molecule has 0 aliphatic carbocycles. The number of nitrogens with one attached hydrogen (secondary N) is 1. The van der Waals surface area contributed by atoms with Crippen molar-refractivity contribution < 1.29 is 14.3 Å². The molecule has 0 unspecified atom stereocenters. The molecule has 0 radical (unpaired) electrons. The van der Waals surface area contributed by atoms with Crippen LogP contribution in [0, 0.1) is 20.8 Å². The Morgan fingerprint density at radius 1 is 1.14 bits per heavy atom. The van der Waals surface area contributed by atoms with Gasteiger partial charge in [0.15, 0.2) is 0 Å². The highest BCUT2D eigenvalue weighted by atomic mass is 32.1. The van der Waals surface area contributed by atoms with Gasteiger partial charge in [-0.05, 0) is 31.9 Å². The van der Waals surface area contributed by atoms with Crippen molar-refractivity contribution in [2.75, 3.05) is 12.4 Å². The molecule has 0 fully saturated rings. The van der Waals surface area contributed by atoms with Gasteiger partial charge in [-0.15, -0.1) is 11.3 Å². The first-order chi connectivity index (χ1) is 10.4. The van der Waals surface area contributed by atoms with E-state index < -0.39 is 5.97 Å². The lowest BCUT2D eigenvalue weighted by Crippen LogP contribution is -2.16. The monoisotopic (exact) mass is 317 g/mol. The summed E-state index contributed by atoms with van der Waals surface area (Å²) in [6, 6.07) is 7.81. The Kier molecular flexibility index (Phi) is 4.98. The van der Waals surface area contributed by atoms with Crippen LogP contribution in [0.4, 0.5) is 5.00 Å². The molecule has 0 saturated heterocycles. The molecule has 5 heteroatoms. The van der Waals surface area contributed by atoms with Crippen LogP contribution in [0.5, 0.6) is 0 Å². The summed E-state index contributed by atoms with van der Waals surface area (Å²) in [7, 11) is 1.34. The minimum atomic E-state index is -0.424. The molecular weight excluding hydrogens is 298 g/mol. The van der Waals surface area contributed by atoms with Gasteiger partial charge in [0.2, 0.25) is 5.91 Å². The molecule has 0 atom stereocenters. The largest absolute Gasteiger partial charge is 0.465 e. The summed E-state index contributed by atoms with van der Waals surface area (Å²) in [4.78, 5) is 25.1. The summed E-state index contributed by atoms with van der Waals surface area (Å²) in [5.74, 6) is -0.567. The number of carbonyl (C=O) groups excluding carboxylic acids is 2. The van der Waals surface area contributed by atoms with Gasteiger partial charge >= 0.3 is 5.97 Å². The van der Waals surface area contributed by atoms with Crippen molar-refractivity contribution in [3.05, 3.63) is 51.4 Å². The number of hydrogen-bond acceptors (Lipinski definition) is 4. The Labute approximate surface area is 134 Å². The van der Waals surface area contributed by atoms with Crippen LogP contribution in [-0.2, 0) is 16.0 Å². The van der Waals surface area contributed by atoms with Crippen LogP contribution in [0.25, 0.3) is 0 Å². The zero-order valence-electron chi connectivity index (χ0n) is 13.1. The third-order valence-corrected chi connectivity index (χ3v) is 4.64. The standard InChI is InChI=1S/C17H19NO3S/c1-10-5-7-13(8-6-10)9-14(19)18-16-15(17(20)21-4)11(2)12(3)22-16/h5-8H,9H2,1-4H3,(H,18,19). The predicted octanol–water partition coefficient (Wildman–Crippen LogP) is 3.64. The molecule has 22 heavy (non-hydrogen) atoms. The number of amides is 1. The zero-order chi connectivity index (χ0) is 16.3. The molecule has 0 saturated carbocycles. The Balaban J connectivity index is 2.16. The highest BCUT2D eigenvalue weighted by Crippen LogP contribution is 2.33. The van der Waals surface area contributed by atoms with Crippen molar-refractivity contribution in [3.63, 3.8) is 0 Å². The van der Waals surface area contributed by atoms with E-state index in [-0.39, 0.29) is 12.3 Å². The summed E-state index contributed by atoms with van der Waals surface area (Å²) in [5, 5.41) is 3.38. The van der Waals surface area contributed by atoms with Crippen molar-refractivity contribution >= 4 is 28.2 Å². The molecule has 0 aliphatic heterocycles. The molecular formula is C17H19NO3S. The normalized spacial score (nSPS) is 10.4. The van der Waals surface area contributed by atoms with Gasteiger partial charge < -0.3 is 10.1 Å².